The van der Waals surface area contributed by atoms with Gasteiger partial charge in [-0.15, -0.1) is 0 Å². The van der Waals surface area contributed by atoms with Crippen LogP contribution in [-0.4, -0.2) is 65.6 Å². The molecule has 8 heteroatoms. The lowest BCUT2D eigenvalue weighted by Gasteiger charge is -2.41. The third-order valence-electron chi connectivity index (χ3n) is 7.08. The zero-order valence-corrected chi connectivity index (χ0v) is 20.0. The number of aromatic amines is 1. The topological polar surface area (TPSA) is 48.6 Å². The number of hydrogen-bond acceptors (Lipinski definition) is 4. The molecular formula is C27H30F3N3O2. The van der Waals surface area contributed by atoms with Gasteiger partial charge < -0.3 is 9.72 Å². The van der Waals surface area contributed by atoms with E-state index in [9.17, 15) is 9.18 Å². The Hall–Kier alpha value is -2.84. The Bertz CT molecular complexity index is 1210. The van der Waals surface area contributed by atoms with Gasteiger partial charge in [-0.3, -0.25) is 19.0 Å². The molecule has 186 valence electrons. The molecule has 0 bridgehead atoms. The number of fused-ring (bicyclic) bond motifs is 3. The average Bonchev–Trinajstić information content (AvgIpc) is 3.14. The molecule has 5 nitrogen and oxygen atoms in total. The normalized spacial score (nSPS) is 21.2. The Labute approximate surface area is 202 Å². The van der Waals surface area contributed by atoms with E-state index in [0.717, 1.165) is 22.2 Å². The number of nitrogens with one attached hydrogen (secondary N) is 1. The van der Waals surface area contributed by atoms with E-state index in [0.29, 0.717) is 32.5 Å². The molecule has 2 atom stereocenters. The van der Waals surface area contributed by atoms with E-state index in [1.54, 1.807) is 0 Å². The molecule has 0 unspecified atom stereocenters. The zero-order valence-electron chi connectivity index (χ0n) is 20.0. The number of halogens is 3. The van der Waals surface area contributed by atoms with Gasteiger partial charge in [0.1, 0.15) is 29.3 Å². The second kappa shape index (κ2) is 9.66. The predicted molar refractivity (Wildman–Crippen MR) is 129 cm³/mol. The number of Topliss-reactive ketones (excluding diaryl/α,β-unsaturated/α-hetero) is 1. The molecule has 0 spiro atoms. The number of carbonyl (C=O) groups is 1. The number of rotatable bonds is 8. The molecule has 3 heterocycles. The van der Waals surface area contributed by atoms with E-state index in [1.807, 2.05) is 41.0 Å². The van der Waals surface area contributed by atoms with Gasteiger partial charge in [-0.25, -0.2) is 8.78 Å². The Morgan fingerprint density at radius 2 is 1.89 bits per heavy atom. The van der Waals surface area contributed by atoms with Gasteiger partial charge in [0.25, 0.3) is 0 Å². The van der Waals surface area contributed by atoms with Crippen LogP contribution >= 0.6 is 0 Å². The number of ketones is 1. The van der Waals surface area contributed by atoms with Crippen molar-refractivity contribution >= 4 is 16.7 Å². The van der Waals surface area contributed by atoms with Crippen LogP contribution in [0.1, 0.15) is 43.1 Å². The van der Waals surface area contributed by atoms with Crippen LogP contribution in [0.25, 0.3) is 10.9 Å². The summed E-state index contributed by atoms with van der Waals surface area (Å²) in [6, 6.07) is 9.44. The molecule has 1 fully saturated rings. The Kier molecular flexibility index (Phi) is 6.59. The first-order valence-electron chi connectivity index (χ1n) is 12.1. The number of alkyl halides is 1. The van der Waals surface area contributed by atoms with E-state index in [2.05, 4.69) is 4.98 Å². The van der Waals surface area contributed by atoms with E-state index >= 15 is 8.78 Å². The van der Waals surface area contributed by atoms with Gasteiger partial charge in [0.2, 0.25) is 0 Å². The Balaban J connectivity index is 1.49. The monoisotopic (exact) mass is 485 g/mol. The lowest BCUT2D eigenvalue weighted by molar-refractivity contribution is -0.119. The van der Waals surface area contributed by atoms with E-state index in [1.165, 1.54) is 19.1 Å². The number of likely N-dealkylation sites (tertiary alicyclic amines) is 1. The summed E-state index contributed by atoms with van der Waals surface area (Å²) in [7, 11) is 0. The molecule has 1 saturated heterocycles. The summed E-state index contributed by atoms with van der Waals surface area (Å²) in [6.45, 7) is 5.07. The van der Waals surface area contributed by atoms with Crippen LogP contribution in [0.4, 0.5) is 13.2 Å². The largest absolute Gasteiger partial charge is 0.488 e. The number of hydrogen-bond donors (Lipinski definition) is 1. The molecule has 1 aromatic heterocycles. The molecule has 0 amide bonds. The maximum Gasteiger partial charge on any atom is 0.143 e. The molecule has 2 aliphatic rings. The number of benzene rings is 2. The highest BCUT2D eigenvalue weighted by Crippen LogP contribution is 2.43. The number of H-pyrrole nitrogens is 1. The summed E-state index contributed by atoms with van der Waals surface area (Å²) in [5, 5.41) is 1.03. The van der Waals surface area contributed by atoms with Gasteiger partial charge in [-0.2, -0.15) is 0 Å². The molecule has 5 rings (SSSR count). The van der Waals surface area contributed by atoms with Crippen molar-refractivity contribution in [2.75, 3.05) is 32.9 Å². The lowest BCUT2D eigenvalue weighted by Crippen LogP contribution is -2.53. The minimum Gasteiger partial charge on any atom is -0.488 e. The molecule has 2 aromatic carbocycles. The summed E-state index contributed by atoms with van der Waals surface area (Å²) in [5.41, 5.74) is 2.57. The van der Waals surface area contributed by atoms with Crippen LogP contribution in [0.3, 0.4) is 0 Å². The minimum absolute atomic E-state index is 0.0653. The van der Waals surface area contributed by atoms with Crippen molar-refractivity contribution in [2.24, 2.45) is 0 Å². The summed E-state index contributed by atoms with van der Waals surface area (Å²) in [4.78, 5) is 19.4. The number of carbonyl (C=O) groups excluding carboxylic acids is 1. The van der Waals surface area contributed by atoms with Crippen molar-refractivity contribution in [3.8, 4) is 5.75 Å². The van der Waals surface area contributed by atoms with E-state index < -0.39 is 17.7 Å². The predicted octanol–water partition coefficient (Wildman–Crippen LogP) is 4.79. The number of nitrogens with zero attached hydrogens (tertiary/aromatic N) is 2. The smallest absolute Gasteiger partial charge is 0.143 e. The van der Waals surface area contributed by atoms with Crippen LogP contribution in [-0.2, 0) is 11.2 Å². The van der Waals surface area contributed by atoms with Gasteiger partial charge in [0.05, 0.1) is 19.3 Å². The van der Waals surface area contributed by atoms with E-state index in [-0.39, 0.29) is 42.5 Å². The van der Waals surface area contributed by atoms with E-state index in [4.69, 9.17) is 4.74 Å². The minimum atomic E-state index is -0.765. The van der Waals surface area contributed by atoms with Gasteiger partial charge >= 0.3 is 0 Å². The van der Waals surface area contributed by atoms with Crippen LogP contribution < -0.4 is 4.74 Å². The maximum absolute atomic E-state index is 15.6. The summed E-state index contributed by atoms with van der Waals surface area (Å²) >= 11 is 0. The maximum atomic E-state index is 15.6. The fraction of sp³-hybridized carbons (Fsp3) is 0.444. The van der Waals surface area contributed by atoms with Gasteiger partial charge in [0, 0.05) is 60.0 Å². The highest BCUT2D eigenvalue weighted by molar-refractivity contribution is 5.85. The molecule has 0 aliphatic carbocycles. The average molecular weight is 486 g/mol. The van der Waals surface area contributed by atoms with Crippen LogP contribution in [0.5, 0.6) is 5.75 Å². The summed E-state index contributed by atoms with van der Waals surface area (Å²) in [6.07, 6.45) is 0.967. The lowest BCUT2D eigenvalue weighted by atomic mass is 9.88. The van der Waals surface area contributed by atoms with Gasteiger partial charge in [-0.1, -0.05) is 18.2 Å². The zero-order chi connectivity index (χ0) is 24.7. The van der Waals surface area contributed by atoms with Crippen molar-refractivity contribution < 1.29 is 22.7 Å². The molecular weight excluding hydrogens is 455 g/mol. The van der Waals surface area contributed by atoms with Crippen molar-refractivity contribution in [3.63, 3.8) is 0 Å². The number of ether oxygens (including phenoxy) is 1. The quantitative estimate of drug-likeness (QED) is 0.498. The van der Waals surface area contributed by atoms with Gasteiger partial charge in [0.15, 0.2) is 0 Å². The Morgan fingerprint density at radius 3 is 2.57 bits per heavy atom. The SMILES string of the molecule is CC(=O)CN1[C@H](c2c(F)cc(OC3CN(CCCF)C3)cc2F)c2[nH]c3ccccc3c2C[C@H]1C. The highest BCUT2D eigenvalue weighted by Gasteiger charge is 2.39. The van der Waals surface area contributed by atoms with Gasteiger partial charge in [-0.05, 0) is 38.3 Å². The summed E-state index contributed by atoms with van der Waals surface area (Å²) < 4.78 is 49.4. The van der Waals surface area contributed by atoms with Crippen LogP contribution in [0.15, 0.2) is 36.4 Å². The molecule has 2 aliphatic heterocycles. The standard InChI is InChI=1S/C27H30F3N3O2/c1-16-10-21-20-6-3-4-7-24(20)31-26(21)27(33(16)13-17(2)34)25-22(29)11-18(12-23(25)30)35-19-14-32(15-19)9-5-8-28/h3-4,6-7,11-12,16,19,27,31H,5,8-10,13-15H2,1-2H3/t16-,27-/m1/s1. The van der Waals surface area contributed by atoms with Crippen molar-refractivity contribution in [1.29, 1.82) is 0 Å². The number of para-hydroxylation sites is 1. The third kappa shape index (κ3) is 4.57. The molecule has 0 radical (unpaired) electrons. The fourth-order valence-electron chi connectivity index (χ4n) is 5.47. The molecule has 1 N–H and O–H groups in total. The van der Waals surface area contributed by atoms with Crippen molar-refractivity contribution in [1.82, 2.24) is 14.8 Å². The third-order valence-corrected chi connectivity index (χ3v) is 7.08. The summed E-state index contributed by atoms with van der Waals surface area (Å²) in [5.74, 6) is -1.33. The first kappa shape index (κ1) is 23.9. The molecule has 35 heavy (non-hydrogen) atoms. The Morgan fingerprint density at radius 1 is 1.17 bits per heavy atom. The van der Waals surface area contributed by atoms with Crippen molar-refractivity contribution in [2.45, 2.75) is 44.9 Å². The first-order valence-corrected chi connectivity index (χ1v) is 12.1. The fourth-order valence-corrected chi connectivity index (χ4v) is 5.47. The van der Waals surface area contributed by atoms with Crippen LogP contribution in [0, 0.1) is 11.6 Å². The highest BCUT2D eigenvalue weighted by atomic mass is 19.1. The number of aromatic nitrogens is 1. The second-order valence-corrected chi connectivity index (χ2v) is 9.74. The first-order chi connectivity index (χ1) is 16.9. The second-order valence-electron chi connectivity index (χ2n) is 9.74. The molecule has 0 saturated carbocycles. The van der Waals surface area contributed by atoms with Crippen molar-refractivity contribution in [3.05, 3.63) is 64.9 Å². The van der Waals surface area contributed by atoms with Crippen LogP contribution in [0.2, 0.25) is 0 Å². The molecule has 3 aromatic rings.